The molecule has 0 aliphatic heterocycles. The van der Waals surface area contributed by atoms with Crippen LogP contribution < -0.4 is 9.46 Å². The van der Waals surface area contributed by atoms with Crippen molar-refractivity contribution >= 4 is 27.3 Å². The molecule has 1 aromatic rings. The second kappa shape index (κ2) is 4.14. The molecule has 1 saturated carbocycles. The van der Waals surface area contributed by atoms with Gasteiger partial charge in [0.25, 0.3) is 0 Å². The van der Waals surface area contributed by atoms with Crippen molar-refractivity contribution in [2.45, 2.75) is 18.9 Å². The molecule has 88 valence electrons. The third kappa shape index (κ3) is 3.28. The molecule has 0 bridgehead atoms. The first-order valence-electron chi connectivity index (χ1n) is 4.88. The van der Waals surface area contributed by atoms with Crippen LogP contribution in [0.5, 0.6) is 5.75 Å². The molecule has 0 spiro atoms. The first-order valence-corrected chi connectivity index (χ1v) is 7.15. The maximum absolute atomic E-state index is 11.2. The van der Waals surface area contributed by atoms with Crippen molar-refractivity contribution in [1.29, 1.82) is 0 Å². The summed E-state index contributed by atoms with van der Waals surface area (Å²) in [6.07, 6.45) is 3.33. The molecule has 0 amide bonds. The lowest BCUT2D eigenvalue weighted by Crippen LogP contribution is -2.11. The van der Waals surface area contributed by atoms with Crippen LogP contribution in [0.15, 0.2) is 18.2 Å². The van der Waals surface area contributed by atoms with Gasteiger partial charge in [0.2, 0.25) is 10.0 Å². The molecule has 4 nitrogen and oxygen atoms in total. The van der Waals surface area contributed by atoms with Gasteiger partial charge in [0.15, 0.2) is 0 Å². The fourth-order valence-electron chi connectivity index (χ4n) is 1.25. The maximum Gasteiger partial charge on any atom is 0.229 e. The van der Waals surface area contributed by atoms with Crippen LogP contribution in [0.2, 0.25) is 5.02 Å². The van der Waals surface area contributed by atoms with Gasteiger partial charge in [0, 0.05) is 5.02 Å². The van der Waals surface area contributed by atoms with Crippen LogP contribution in [-0.4, -0.2) is 20.8 Å². The number of hydrogen-bond acceptors (Lipinski definition) is 3. The lowest BCUT2D eigenvalue weighted by Gasteiger charge is -2.11. The standard InChI is InChI=1S/C10H12ClNO3S/c1-16(13,14)12-9-6-7(11)2-5-10(9)15-8-3-4-8/h2,5-6,8,12H,3-4H2,1H3. The number of sulfonamides is 1. The Bertz CT molecular complexity index is 497. The molecule has 0 aromatic heterocycles. The summed E-state index contributed by atoms with van der Waals surface area (Å²) in [6, 6.07) is 4.89. The van der Waals surface area contributed by atoms with Crippen molar-refractivity contribution < 1.29 is 13.2 Å². The third-order valence-corrected chi connectivity index (χ3v) is 2.88. The summed E-state index contributed by atoms with van der Waals surface area (Å²) in [7, 11) is -3.32. The van der Waals surface area contributed by atoms with Crippen LogP contribution in [0, 0.1) is 0 Å². The van der Waals surface area contributed by atoms with E-state index in [-0.39, 0.29) is 6.10 Å². The van der Waals surface area contributed by atoms with Crippen LogP contribution in [0.1, 0.15) is 12.8 Å². The molecule has 1 N–H and O–H groups in total. The Morgan fingerprint density at radius 3 is 2.69 bits per heavy atom. The highest BCUT2D eigenvalue weighted by molar-refractivity contribution is 7.92. The number of ether oxygens (including phenoxy) is 1. The largest absolute Gasteiger partial charge is 0.488 e. The second-order valence-electron chi connectivity index (χ2n) is 3.83. The smallest absolute Gasteiger partial charge is 0.229 e. The van der Waals surface area contributed by atoms with Gasteiger partial charge in [-0.25, -0.2) is 8.42 Å². The first kappa shape index (κ1) is 11.5. The van der Waals surface area contributed by atoms with Gasteiger partial charge < -0.3 is 4.74 Å². The van der Waals surface area contributed by atoms with Crippen molar-refractivity contribution in [2.24, 2.45) is 0 Å². The van der Waals surface area contributed by atoms with Crippen LogP contribution in [0.4, 0.5) is 5.69 Å². The summed E-state index contributed by atoms with van der Waals surface area (Å²) in [5, 5.41) is 0.467. The minimum atomic E-state index is -3.32. The molecule has 0 saturated heterocycles. The van der Waals surface area contributed by atoms with Gasteiger partial charge in [-0.05, 0) is 31.0 Å². The number of benzene rings is 1. The SMILES string of the molecule is CS(=O)(=O)Nc1cc(Cl)ccc1OC1CC1. The van der Waals surface area contributed by atoms with Crippen molar-refractivity contribution in [2.75, 3.05) is 11.0 Å². The predicted octanol–water partition coefficient (Wildman–Crippen LogP) is 2.25. The zero-order chi connectivity index (χ0) is 11.8. The van der Waals surface area contributed by atoms with E-state index in [2.05, 4.69) is 4.72 Å². The molecule has 1 aliphatic carbocycles. The average molecular weight is 262 g/mol. The lowest BCUT2D eigenvalue weighted by atomic mass is 10.3. The number of anilines is 1. The fourth-order valence-corrected chi connectivity index (χ4v) is 1.98. The van der Waals surface area contributed by atoms with Gasteiger partial charge in [0.1, 0.15) is 5.75 Å². The van der Waals surface area contributed by atoms with Gasteiger partial charge in [-0.2, -0.15) is 0 Å². The van der Waals surface area contributed by atoms with Gasteiger partial charge in [-0.3, -0.25) is 4.72 Å². The Labute approximate surface area is 99.6 Å². The molecule has 0 atom stereocenters. The van der Waals surface area contributed by atoms with Crippen molar-refractivity contribution in [3.05, 3.63) is 23.2 Å². The monoisotopic (exact) mass is 261 g/mol. The number of halogens is 1. The fraction of sp³-hybridized carbons (Fsp3) is 0.400. The summed E-state index contributed by atoms with van der Waals surface area (Å²) in [5.74, 6) is 0.525. The number of rotatable bonds is 4. The minimum absolute atomic E-state index is 0.210. The Morgan fingerprint density at radius 2 is 2.12 bits per heavy atom. The molecule has 16 heavy (non-hydrogen) atoms. The van der Waals surface area contributed by atoms with Crippen LogP contribution in [0.3, 0.4) is 0 Å². The van der Waals surface area contributed by atoms with E-state index in [1.54, 1.807) is 18.2 Å². The highest BCUT2D eigenvalue weighted by Crippen LogP contribution is 2.34. The summed E-state index contributed by atoms with van der Waals surface area (Å²) in [4.78, 5) is 0. The molecule has 1 aliphatic rings. The van der Waals surface area contributed by atoms with Crippen LogP contribution in [-0.2, 0) is 10.0 Å². The van der Waals surface area contributed by atoms with Crippen molar-refractivity contribution in [3.8, 4) is 5.75 Å². The van der Waals surface area contributed by atoms with E-state index < -0.39 is 10.0 Å². The van der Waals surface area contributed by atoms with Crippen molar-refractivity contribution in [1.82, 2.24) is 0 Å². The Morgan fingerprint density at radius 1 is 1.44 bits per heavy atom. The predicted molar refractivity (Wildman–Crippen MR) is 63.6 cm³/mol. The molecule has 1 aromatic carbocycles. The van der Waals surface area contributed by atoms with Crippen LogP contribution >= 0.6 is 11.6 Å². The molecule has 2 rings (SSSR count). The normalized spacial score (nSPS) is 15.9. The molecule has 0 unspecified atom stereocenters. The van der Waals surface area contributed by atoms with Gasteiger partial charge >= 0.3 is 0 Å². The van der Waals surface area contributed by atoms with E-state index >= 15 is 0 Å². The highest BCUT2D eigenvalue weighted by Gasteiger charge is 2.25. The lowest BCUT2D eigenvalue weighted by molar-refractivity contribution is 0.305. The van der Waals surface area contributed by atoms with E-state index in [0.29, 0.717) is 16.5 Å². The van der Waals surface area contributed by atoms with Gasteiger partial charge in [0.05, 0.1) is 18.0 Å². The summed E-state index contributed by atoms with van der Waals surface area (Å²) in [6.45, 7) is 0. The zero-order valence-corrected chi connectivity index (χ0v) is 10.3. The second-order valence-corrected chi connectivity index (χ2v) is 6.02. The Kier molecular flexibility index (Phi) is 2.99. The quantitative estimate of drug-likeness (QED) is 0.904. The first-order chi connectivity index (χ1) is 7.44. The van der Waals surface area contributed by atoms with E-state index in [1.165, 1.54) is 0 Å². The summed E-state index contributed by atoms with van der Waals surface area (Å²) >= 11 is 5.81. The molecule has 0 heterocycles. The Hall–Kier alpha value is -0.940. The minimum Gasteiger partial charge on any atom is -0.488 e. The number of hydrogen-bond donors (Lipinski definition) is 1. The zero-order valence-electron chi connectivity index (χ0n) is 8.73. The van der Waals surface area contributed by atoms with E-state index in [9.17, 15) is 8.42 Å². The third-order valence-electron chi connectivity index (χ3n) is 2.05. The molecule has 0 radical (unpaired) electrons. The summed E-state index contributed by atoms with van der Waals surface area (Å²) < 4.78 is 30.3. The van der Waals surface area contributed by atoms with E-state index in [4.69, 9.17) is 16.3 Å². The molecular formula is C10H12ClNO3S. The molecule has 6 heteroatoms. The highest BCUT2D eigenvalue weighted by atomic mass is 35.5. The van der Waals surface area contributed by atoms with E-state index in [1.807, 2.05) is 0 Å². The average Bonchev–Trinajstić information content (AvgIpc) is 2.91. The summed E-state index contributed by atoms with van der Waals surface area (Å²) in [5.41, 5.74) is 0.391. The van der Waals surface area contributed by atoms with Crippen LogP contribution in [0.25, 0.3) is 0 Å². The topological polar surface area (TPSA) is 55.4 Å². The van der Waals surface area contributed by atoms with Gasteiger partial charge in [-0.1, -0.05) is 11.6 Å². The molecular weight excluding hydrogens is 250 g/mol. The van der Waals surface area contributed by atoms with Gasteiger partial charge in [-0.15, -0.1) is 0 Å². The Balaban J connectivity index is 2.27. The maximum atomic E-state index is 11.2. The van der Waals surface area contributed by atoms with E-state index in [0.717, 1.165) is 19.1 Å². The van der Waals surface area contributed by atoms with Crippen molar-refractivity contribution in [3.63, 3.8) is 0 Å². The number of nitrogens with one attached hydrogen (secondary N) is 1. The molecule has 1 fully saturated rings.